The quantitative estimate of drug-likeness (QED) is 0.756. The number of piperazine rings is 1. The molecule has 1 aromatic carbocycles. The first-order valence-electron chi connectivity index (χ1n) is 6.02. The molecule has 1 aromatic rings. The van der Waals surface area contributed by atoms with Crippen LogP contribution in [0.2, 0.25) is 10.0 Å². The molecule has 0 bridgehead atoms. The van der Waals surface area contributed by atoms with E-state index in [0.29, 0.717) is 5.56 Å². The van der Waals surface area contributed by atoms with Crippen LogP contribution in [0.5, 0.6) is 0 Å². The molecule has 0 saturated carbocycles. The zero-order chi connectivity index (χ0) is 15.8. The summed E-state index contributed by atoms with van der Waals surface area (Å²) in [5.74, 6) is -0.283. The number of nitrogen functional groups attached to an aromatic ring is 1. The minimum atomic E-state index is -3.72. The fourth-order valence-corrected chi connectivity index (χ4v) is 3.07. The van der Waals surface area contributed by atoms with E-state index in [1.54, 1.807) is 0 Å². The molecule has 1 heterocycles. The topological polar surface area (TPSA) is 110 Å². The van der Waals surface area contributed by atoms with E-state index in [9.17, 15) is 13.2 Å². The molecule has 1 aliphatic heterocycles. The van der Waals surface area contributed by atoms with Crippen molar-refractivity contribution in [2.75, 3.05) is 31.9 Å². The van der Waals surface area contributed by atoms with Crippen molar-refractivity contribution >= 4 is 45.0 Å². The molecule has 0 atom stereocenters. The summed E-state index contributed by atoms with van der Waals surface area (Å²) < 4.78 is 23.5. The van der Waals surface area contributed by atoms with Crippen LogP contribution in [-0.2, 0) is 10.2 Å². The lowest BCUT2D eigenvalue weighted by molar-refractivity contribution is 0.0698. The number of rotatable bonds is 2. The van der Waals surface area contributed by atoms with E-state index >= 15 is 0 Å². The van der Waals surface area contributed by atoms with Gasteiger partial charge in [-0.3, -0.25) is 4.79 Å². The predicted octanol–water partition coefficient (Wildman–Crippen LogP) is 0.537. The number of carbonyl (C=O) groups excluding carboxylic acids is 1. The zero-order valence-corrected chi connectivity index (χ0v) is 13.2. The fraction of sp³-hybridized carbons (Fsp3) is 0.364. The Labute approximate surface area is 132 Å². The summed E-state index contributed by atoms with van der Waals surface area (Å²) in [6, 6.07) is 2.89. The van der Waals surface area contributed by atoms with Crippen molar-refractivity contribution in [3.63, 3.8) is 0 Å². The van der Waals surface area contributed by atoms with E-state index in [-0.39, 0.29) is 47.8 Å². The highest BCUT2D eigenvalue weighted by Gasteiger charge is 2.27. The van der Waals surface area contributed by atoms with Crippen LogP contribution in [0.15, 0.2) is 12.1 Å². The molecule has 2 rings (SSSR count). The third kappa shape index (κ3) is 3.58. The maximum Gasteiger partial charge on any atom is 0.277 e. The van der Waals surface area contributed by atoms with Gasteiger partial charge >= 0.3 is 0 Å². The summed E-state index contributed by atoms with van der Waals surface area (Å²) in [5, 5.41) is 5.44. The van der Waals surface area contributed by atoms with Crippen LogP contribution < -0.4 is 10.9 Å². The summed E-state index contributed by atoms with van der Waals surface area (Å²) >= 11 is 11.7. The van der Waals surface area contributed by atoms with Crippen LogP contribution in [0.4, 0.5) is 5.69 Å². The predicted molar refractivity (Wildman–Crippen MR) is 81.5 cm³/mol. The van der Waals surface area contributed by atoms with Crippen LogP contribution in [0.1, 0.15) is 10.4 Å². The molecule has 116 valence electrons. The first kappa shape index (κ1) is 16.3. The molecule has 4 N–H and O–H groups in total. The minimum absolute atomic E-state index is 0.154. The molecule has 1 saturated heterocycles. The smallest absolute Gasteiger partial charge is 0.277 e. The first-order chi connectivity index (χ1) is 9.70. The lowest BCUT2D eigenvalue weighted by Crippen LogP contribution is -2.52. The molecule has 0 aromatic heterocycles. The molecule has 1 aliphatic rings. The number of anilines is 1. The van der Waals surface area contributed by atoms with Gasteiger partial charge in [-0.25, -0.2) is 5.14 Å². The van der Waals surface area contributed by atoms with Crippen LogP contribution in [0.25, 0.3) is 0 Å². The average molecular weight is 353 g/mol. The Hall–Kier alpha value is -1.06. The van der Waals surface area contributed by atoms with Gasteiger partial charge in [0.2, 0.25) is 0 Å². The number of nitrogens with zero attached hydrogens (tertiary/aromatic N) is 2. The van der Waals surface area contributed by atoms with Crippen molar-refractivity contribution in [3.05, 3.63) is 27.7 Å². The highest BCUT2D eigenvalue weighted by molar-refractivity contribution is 7.86. The maximum atomic E-state index is 12.3. The van der Waals surface area contributed by atoms with Crippen molar-refractivity contribution in [1.29, 1.82) is 0 Å². The van der Waals surface area contributed by atoms with E-state index < -0.39 is 10.2 Å². The largest absolute Gasteiger partial charge is 0.397 e. The second-order valence-electron chi connectivity index (χ2n) is 4.60. The van der Waals surface area contributed by atoms with Gasteiger partial charge in [0.25, 0.3) is 16.1 Å². The Morgan fingerprint density at radius 2 is 1.71 bits per heavy atom. The van der Waals surface area contributed by atoms with Gasteiger partial charge in [0.1, 0.15) is 0 Å². The molecule has 0 aliphatic carbocycles. The second kappa shape index (κ2) is 5.98. The highest BCUT2D eigenvalue weighted by Crippen LogP contribution is 2.30. The number of carbonyl (C=O) groups is 1. The normalized spacial score (nSPS) is 17.0. The Morgan fingerprint density at radius 1 is 1.14 bits per heavy atom. The average Bonchev–Trinajstić information content (AvgIpc) is 2.42. The Morgan fingerprint density at radius 3 is 2.19 bits per heavy atom. The molecule has 7 nitrogen and oxygen atoms in total. The second-order valence-corrected chi connectivity index (χ2v) is 6.93. The van der Waals surface area contributed by atoms with Crippen LogP contribution in [0, 0.1) is 0 Å². The first-order valence-corrected chi connectivity index (χ1v) is 8.27. The summed E-state index contributed by atoms with van der Waals surface area (Å²) in [4.78, 5) is 13.9. The van der Waals surface area contributed by atoms with Gasteiger partial charge in [0.05, 0.1) is 15.7 Å². The zero-order valence-electron chi connectivity index (χ0n) is 10.9. The van der Waals surface area contributed by atoms with Gasteiger partial charge in [-0.05, 0) is 12.1 Å². The summed E-state index contributed by atoms with van der Waals surface area (Å²) in [6.07, 6.45) is 0. The van der Waals surface area contributed by atoms with E-state index in [4.69, 9.17) is 34.1 Å². The summed E-state index contributed by atoms with van der Waals surface area (Å²) in [7, 11) is -3.72. The summed E-state index contributed by atoms with van der Waals surface area (Å²) in [6.45, 7) is 0.799. The fourth-order valence-electron chi connectivity index (χ4n) is 2.06. The maximum absolute atomic E-state index is 12.3. The highest BCUT2D eigenvalue weighted by atomic mass is 35.5. The molecule has 1 amide bonds. The number of hydrogen-bond donors (Lipinski definition) is 2. The SMILES string of the molecule is Nc1cc(C(=O)N2CCN(S(N)(=O)=O)CC2)cc(Cl)c1Cl. The minimum Gasteiger partial charge on any atom is -0.397 e. The number of hydrogen-bond acceptors (Lipinski definition) is 4. The van der Waals surface area contributed by atoms with E-state index in [2.05, 4.69) is 0 Å². The summed E-state index contributed by atoms with van der Waals surface area (Å²) in [5.41, 5.74) is 6.21. The number of halogens is 2. The van der Waals surface area contributed by atoms with Crippen molar-refractivity contribution in [2.45, 2.75) is 0 Å². The van der Waals surface area contributed by atoms with Crippen molar-refractivity contribution in [1.82, 2.24) is 9.21 Å². The molecule has 0 spiro atoms. The van der Waals surface area contributed by atoms with Crippen LogP contribution >= 0.6 is 23.2 Å². The lowest BCUT2D eigenvalue weighted by Gasteiger charge is -2.33. The Kier molecular flexibility index (Phi) is 4.64. The third-order valence-electron chi connectivity index (χ3n) is 3.19. The van der Waals surface area contributed by atoms with Crippen molar-refractivity contribution < 1.29 is 13.2 Å². The monoisotopic (exact) mass is 352 g/mol. The van der Waals surface area contributed by atoms with Crippen molar-refractivity contribution in [3.8, 4) is 0 Å². The Bertz CT molecular complexity index is 649. The van der Waals surface area contributed by atoms with E-state index in [0.717, 1.165) is 4.31 Å². The third-order valence-corrected chi connectivity index (χ3v) is 5.09. The van der Waals surface area contributed by atoms with Crippen LogP contribution in [0.3, 0.4) is 0 Å². The lowest BCUT2D eigenvalue weighted by atomic mass is 10.1. The molecule has 21 heavy (non-hydrogen) atoms. The Balaban J connectivity index is 2.13. The van der Waals surface area contributed by atoms with Gasteiger partial charge in [0.15, 0.2) is 0 Å². The van der Waals surface area contributed by atoms with Gasteiger partial charge in [-0.15, -0.1) is 0 Å². The van der Waals surface area contributed by atoms with Crippen molar-refractivity contribution in [2.24, 2.45) is 5.14 Å². The molecule has 0 radical (unpaired) electrons. The molecule has 0 unspecified atom stereocenters. The van der Waals surface area contributed by atoms with Gasteiger partial charge in [-0.1, -0.05) is 23.2 Å². The molecule has 10 heteroatoms. The molecule has 1 fully saturated rings. The van der Waals surface area contributed by atoms with E-state index in [1.165, 1.54) is 17.0 Å². The van der Waals surface area contributed by atoms with Gasteiger partial charge in [-0.2, -0.15) is 12.7 Å². The number of amides is 1. The molecular weight excluding hydrogens is 339 g/mol. The molecular formula is C11H14Cl2N4O3S. The number of benzene rings is 1. The van der Waals surface area contributed by atoms with Crippen LogP contribution in [-0.4, -0.2) is 49.7 Å². The van der Waals surface area contributed by atoms with E-state index in [1.807, 2.05) is 0 Å². The standard InChI is InChI=1S/C11H14Cl2N4O3S/c12-8-5-7(6-9(14)10(8)13)11(18)16-1-3-17(4-2-16)21(15,19)20/h5-6H,1-4,14H2,(H2,15,19,20). The number of nitrogens with two attached hydrogens (primary N) is 2. The van der Waals surface area contributed by atoms with Gasteiger partial charge in [0, 0.05) is 31.7 Å². The van der Waals surface area contributed by atoms with Gasteiger partial charge < -0.3 is 10.6 Å².